The van der Waals surface area contributed by atoms with Gasteiger partial charge < -0.3 is 20.3 Å². The maximum atomic E-state index is 12.8. The summed E-state index contributed by atoms with van der Waals surface area (Å²) in [7, 11) is 1.62. The summed E-state index contributed by atoms with van der Waals surface area (Å²) in [5.41, 5.74) is 2.26. The number of anilines is 2. The standard InChI is InChI=1S/C22H33N3O3/c1-16-9-12-25(13-10-16)20-8-7-18(24-21(26)17-5-3-4-6-17)15-19(20)22(27)23-11-14-28-2/h7-8,15-17H,3-6,9-14H2,1-2H3,(H,23,27)(H,24,26). The molecule has 0 bridgehead atoms. The Morgan fingerprint density at radius 1 is 1.14 bits per heavy atom. The molecule has 6 heteroatoms. The number of hydrogen-bond donors (Lipinski definition) is 2. The largest absolute Gasteiger partial charge is 0.383 e. The third-order valence-electron chi connectivity index (χ3n) is 5.95. The third kappa shape index (κ3) is 5.25. The number of methoxy groups -OCH3 is 1. The molecule has 3 rings (SSSR count). The van der Waals surface area contributed by atoms with Gasteiger partial charge in [-0.3, -0.25) is 9.59 Å². The van der Waals surface area contributed by atoms with Crippen molar-refractivity contribution in [2.75, 3.05) is 43.6 Å². The molecule has 2 N–H and O–H groups in total. The molecule has 1 aliphatic carbocycles. The zero-order valence-corrected chi connectivity index (χ0v) is 17.1. The fourth-order valence-corrected chi connectivity index (χ4v) is 4.12. The van der Waals surface area contributed by atoms with Gasteiger partial charge in [-0.15, -0.1) is 0 Å². The lowest BCUT2D eigenvalue weighted by atomic mass is 9.97. The van der Waals surface area contributed by atoms with E-state index < -0.39 is 0 Å². The summed E-state index contributed by atoms with van der Waals surface area (Å²) in [4.78, 5) is 27.6. The van der Waals surface area contributed by atoms with Gasteiger partial charge in [0.05, 0.1) is 12.2 Å². The second-order valence-electron chi connectivity index (χ2n) is 8.12. The first-order valence-electron chi connectivity index (χ1n) is 10.6. The molecule has 1 heterocycles. The molecule has 2 amide bonds. The van der Waals surface area contributed by atoms with E-state index in [0.717, 1.165) is 63.2 Å². The van der Waals surface area contributed by atoms with Crippen LogP contribution in [0.3, 0.4) is 0 Å². The van der Waals surface area contributed by atoms with Crippen molar-refractivity contribution in [2.24, 2.45) is 11.8 Å². The Kier molecular flexibility index (Phi) is 7.31. The number of nitrogens with zero attached hydrogens (tertiary/aromatic N) is 1. The molecule has 1 saturated carbocycles. The summed E-state index contributed by atoms with van der Waals surface area (Å²) in [5, 5.41) is 5.94. The van der Waals surface area contributed by atoms with Crippen LogP contribution in [0.25, 0.3) is 0 Å². The molecule has 154 valence electrons. The van der Waals surface area contributed by atoms with Crippen LogP contribution < -0.4 is 15.5 Å². The minimum absolute atomic E-state index is 0.0720. The normalized spacial score (nSPS) is 18.3. The van der Waals surface area contributed by atoms with Gasteiger partial charge in [0.2, 0.25) is 5.91 Å². The number of amides is 2. The molecule has 2 aliphatic rings. The monoisotopic (exact) mass is 387 g/mol. The number of rotatable bonds is 7. The minimum atomic E-state index is -0.123. The zero-order valence-electron chi connectivity index (χ0n) is 17.1. The third-order valence-corrected chi connectivity index (χ3v) is 5.95. The Balaban J connectivity index is 1.78. The van der Waals surface area contributed by atoms with Gasteiger partial charge >= 0.3 is 0 Å². The first kappa shape index (κ1) is 20.6. The van der Waals surface area contributed by atoms with Crippen LogP contribution in [-0.4, -0.2) is 45.2 Å². The van der Waals surface area contributed by atoms with Gasteiger partial charge in [0, 0.05) is 44.0 Å². The van der Waals surface area contributed by atoms with Crippen molar-refractivity contribution < 1.29 is 14.3 Å². The second kappa shape index (κ2) is 9.92. The molecule has 0 spiro atoms. The van der Waals surface area contributed by atoms with E-state index in [1.165, 1.54) is 0 Å². The van der Waals surface area contributed by atoms with E-state index in [9.17, 15) is 9.59 Å². The molecular formula is C22H33N3O3. The van der Waals surface area contributed by atoms with Gasteiger partial charge in [0.15, 0.2) is 0 Å². The highest BCUT2D eigenvalue weighted by atomic mass is 16.5. The summed E-state index contributed by atoms with van der Waals surface area (Å²) in [6.45, 7) is 5.11. The molecule has 6 nitrogen and oxygen atoms in total. The Labute approximate surface area is 168 Å². The molecule has 1 saturated heterocycles. The quantitative estimate of drug-likeness (QED) is 0.703. The number of piperidine rings is 1. The van der Waals surface area contributed by atoms with Crippen molar-refractivity contribution in [3.8, 4) is 0 Å². The number of carbonyl (C=O) groups is 2. The van der Waals surface area contributed by atoms with Crippen molar-refractivity contribution in [1.29, 1.82) is 0 Å². The fourth-order valence-electron chi connectivity index (χ4n) is 4.12. The van der Waals surface area contributed by atoms with Crippen LogP contribution in [0, 0.1) is 11.8 Å². The van der Waals surface area contributed by atoms with Gasteiger partial charge in [0.1, 0.15) is 0 Å². The van der Waals surface area contributed by atoms with Gasteiger partial charge in [-0.25, -0.2) is 0 Å². The summed E-state index contributed by atoms with van der Waals surface area (Å²) in [5.74, 6) is 0.771. The average molecular weight is 388 g/mol. The SMILES string of the molecule is COCCNC(=O)c1cc(NC(=O)C2CCCC2)ccc1N1CCC(C)CC1. The van der Waals surface area contributed by atoms with E-state index in [1.54, 1.807) is 7.11 Å². The Morgan fingerprint density at radius 3 is 2.54 bits per heavy atom. The van der Waals surface area contributed by atoms with Crippen LogP contribution in [0.1, 0.15) is 55.8 Å². The van der Waals surface area contributed by atoms with E-state index >= 15 is 0 Å². The number of carbonyl (C=O) groups excluding carboxylic acids is 2. The van der Waals surface area contributed by atoms with Crippen LogP contribution in [-0.2, 0) is 9.53 Å². The summed E-state index contributed by atoms with van der Waals surface area (Å²) in [6.07, 6.45) is 6.42. The number of hydrogen-bond acceptors (Lipinski definition) is 4. The lowest BCUT2D eigenvalue weighted by Gasteiger charge is -2.33. The fraction of sp³-hybridized carbons (Fsp3) is 0.636. The van der Waals surface area contributed by atoms with Crippen molar-refractivity contribution >= 4 is 23.2 Å². The van der Waals surface area contributed by atoms with Gasteiger partial charge in [-0.05, 0) is 49.8 Å². The van der Waals surface area contributed by atoms with Crippen LogP contribution >= 0.6 is 0 Å². The number of nitrogens with one attached hydrogen (secondary N) is 2. The molecule has 0 radical (unpaired) electrons. The van der Waals surface area contributed by atoms with Crippen LogP contribution in [0.15, 0.2) is 18.2 Å². The van der Waals surface area contributed by atoms with Crippen molar-refractivity contribution in [3.63, 3.8) is 0 Å². The molecular weight excluding hydrogens is 354 g/mol. The molecule has 1 aromatic carbocycles. The molecule has 0 unspecified atom stereocenters. The maximum Gasteiger partial charge on any atom is 0.253 e. The zero-order chi connectivity index (χ0) is 19.9. The molecule has 2 fully saturated rings. The van der Waals surface area contributed by atoms with Crippen LogP contribution in [0.4, 0.5) is 11.4 Å². The molecule has 0 atom stereocenters. The Hall–Kier alpha value is -2.08. The van der Waals surface area contributed by atoms with E-state index in [1.807, 2.05) is 18.2 Å². The average Bonchev–Trinajstić information content (AvgIpc) is 3.24. The smallest absolute Gasteiger partial charge is 0.253 e. The van der Waals surface area contributed by atoms with Gasteiger partial charge in [-0.1, -0.05) is 19.8 Å². The van der Waals surface area contributed by atoms with Crippen molar-refractivity contribution in [3.05, 3.63) is 23.8 Å². The molecule has 0 aromatic heterocycles. The summed E-state index contributed by atoms with van der Waals surface area (Å²) < 4.78 is 5.04. The highest BCUT2D eigenvalue weighted by Crippen LogP contribution is 2.30. The highest BCUT2D eigenvalue weighted by Gasteiger charge is 2.24. The van der Waals surface area contributed by atoms with Gasteiger partial charge in [-0.2, -0.15) is 0 Å². The van der Waals surface area contributed by atoms with Crippen molar-refractivity contribution in [1.82, 2.24) is 5.32 Å². The Morgan fingerprint density at radius 2 is 1.86 bits per heavy atom. The highest BCUT2D eigenvalue weighted by molar-refractivity contribution is 6.02. The van der Waals surface area contributed by atoms with Crippen molar-refractivity contribution in [2.45, 2.75) is 45.4 Å². The lowest BCUT2D eigenvalue weighted by Crippen LogP contribution is -2.35. The Bertz CT molecular complexity index is 678. The number of ether oxygens (including phenoxy) is 1. The summed E-state index contributed by atoms with van der Waals surface area (Å²) >= 11 is 0. The maximum absolute atomic E-state index is 12.8. The predicted octanol–water partition coefficient (Wildman–Crippen LogP) is 3.43. The molecule has 1 aromatic rings. The molecule has 1 aliphatic heterocycles. The topological polar surface area (TPSA) is 70.7 Å². The van der Waals surface area contributed by atoms with E-state index in [0.29, 0.717) is 24.4 Å². The lowest BCUT2D eigenvalue weighted by molar-refractivity contribution is -0.119. The number of benzene rings is 1. The second-order valence-corrected chi connectivity index (χ2v) is 8.12. The first-order chi connectivity index (χ1) is 13.6. The summed E-state index contributed by atoms with van der Waals surface area (Å²) in [6, 6.07) is 5.72. The van der Waals surface area contributed by atoms with Crippen LogP contribution in [0.2, 0.25) is 0 Å². The van der Waals surface area contributed by atoms with Crippen LogP contribution in [0.5, 0.6) is 0 Å². The predicted molar refractivity (Wildman–Crippen MR) is 112 cm³/mol. The first-order valence-corrected chi connectivity index (χ1v) is 10.6. The van der Waals surface area contributed by atoms with E-state index in [2.05, 4.69) is 22.5 Å². The van der Waals surface area contributed by atoms with E-state index in [-0.39, 0.29) is 17.7 Å². The minimum Gasteiger partial charge on any atom is -0.383 e. The van der Waals surface area contributed by atoms with Gasteiger partial charge in [0.25, 0.3) is 5.91 Å². The van der Waals surface area contributed by atoms with E-state index in [4.69, 9.17) is 4.74 Å². The molecule has 28 heavy (non-hydrogen) atoms.